The molecule has 4 heterocycles. The molecule has 5 nitrogen and oxygen atoms in total. The third kappa shape index (κ3) is 2.72. The topological polar surface area (TPSA) is 59.4 Å². The van der Waals surface area contributed by atoms with Gasteiger partial charge in [0, 0.05) is 33.9 Å². The summed E-state index contributed by atoms with van der Waals surface area (Å²) in [6, 6.07) is 43.1. The van der Waals surface area contributed by atoms with E-state index >= 15 is 0 Å². The van der Waals surface area contributed by atoms with E-state index in [4.69, 9.17) is 9.97 Å². The lowest BCUT2D eigenvalue weighted by molar-refractivity contribution is 1.08. The summed E-state index contributed by atoms with van der Waals surface area (Å²) in [4.78, 5) is 9.86. The molecule has 0 bridgehead atoms. The molecule has 4 aromatic heterocycles. The van der Waals surface area contributed by atoms with Gasteiger partial charge in [0.2, 0.25) is 0 Å². The van der Waals surface area contributed by atoms with E-state index in [1.54, 1.807) is 0 Å². The largest absolute Gasteiger partial charge is 0.308 e. The maximum atomic E-state index is 11.0. The Morgan fingerprint density at radius 3 is 1.30 bits per heavy atom. The average Bonchev–Trinajstić information content (AvgIpc) is 3.64. The van der Waals surface area contributed by atoms with Crippen LogP contribution in [0.15, 0.2) is 128 Å². The summed E-state index contributed by atoms with van der Waals surface area (Å²) in [5, 5.41) is 25.1. The predicted octanol–water partition coefficient (Wildman–Crippen LogP) is 10.0. The Bertz CT molecular complexity index is 2720. The number of benzene rings is 7. The number of hydrogen-bond acceptors (Lipinski definition) is 3. The highest BCUT2D eigenvalue weighted by molar-refractivity contribution is 6.35. The molecule has 210 valence electrons. The summed E-state index contributed by atoms with van der Waals surface area (Å²) in [6.07, 6.45) is 3.74. The minimum Gasteiger partial charge on any atom is -0.308 e. The van der Waals surface area contributed by atoms with Gasteiger partial charge in [-0.2, -0.15) is 5.26 Å². The van der Waals surface area contributed by atoms with Gasteiger partial charge in [-0.05, 0) is 79.5 Å². The lowest BCUT2D eigenvalue weighted by Crippen LogP contribution is -2.04. The van der Waals surface area contributed by atoms with Crippen molar-refractivity contribution in [2.45, 2.75) is 0 Å². The van der Waals surface area contributed by atoms with Crippen molar-refractivity contribution < 1.29 is 0 Å². The molecule has 0 spiro atoms. The van der Waals surface area contributed by atoms with Gasteiger partial charge in [0.1, 0.15) is 22.9 Å². The lowest BCUT2D eigenvalue weighted by Gasteiger charge is -2.15. The van der Waals surface area contributed by atoms with Crippen LogP contribution >= 0.6 is 0 Å². The Hall–Kier alpha value is -6.51. The third-order valence-corrected chi connectivity index (χ3v) is 9.98. The first-order chi connectivity index (χ1) is 22.8. The van der Waals surface area contributed by atoms with E-state index in [-0.39, 0.29) is 0 Å². The van der Waals surface area contributed by atoms with Crippen LogP contribution in [0.1, 0.15) is 5.56 Å². The molecular weight excluding hydrogens is 562 g/mol. The van der Waals surface area contributed by atoms with Crippen LogP contribution in [0, 0.1) is 11.3 Å². The molecule has 0 unspecified atom stereocenters. The van der Waals surface area contributed by atoms with Gasteiger partial charge in [-0.3, -0.25) is 4.57 Å². The van der Waals surface area contributed by atoms with Crippen LogP contribution in [0.3, 0.4) is 0 Å². The second kappa shape index (κ2) is 8.35. The molecule has 0 N–H and O–H groups in total. The van der Waals surface area contributed by atoms with Crippen molar-refractivity contribution >= 4 is 87.0 Å². The monoisotopic (exact) mass is 583 g/mol. The fraction of sp³-hybridized carbons (Fsp3) is 0. The van der Waals surface area contributed by atoms with Gasteiger partial charge in [0.15, 0.2) is 0 Å². The summed E-state index contributed by atoms with van der Waals surface area (Å²) >= 11 is 0. The van der Waals surface area contributed by atoms with E-state index in [1.165, 1.54) is 43.1 Å². The van der Waals surface area contributed by atoms with Crippen LogP contribution in [-0.2, 0) is 0 Å². The van der Waals surface area contributed by atoms with E-state index in [9.17, 15) is 5.26 Å². The molecular formula is C41H21N5. The van der Waals surface area contributed by atoms with Crippen molar-refractivity contribution in [3.8, 4) is 17.4 Å². The fourth-order valence-electron chi connectivity index (χ4n) is 8.25. The zero-order valence-corrected chi connectivity index (χ0v) is 24.4. The van der Waals surface area contributed by atoms with Gasteiger partial charge >= 0.3 is 0 Å². The minimum absolute atomic E-state index is 0.573. The van der Waals surface area contributed by atoms with Gasteiger partial charge in [-0.25, -0.2) is 9.97 Å². The highest BCUT2D eigenvalue weighted by atomic mass is 15.1. The van der Waals surface area contributed by atoms with Crippen LogP contribution in [-0.4, -0.2) is 19.1 Å². The summed E-state index contributed by atoms with van der Waals surface area (Å²) in [5.74, 6) is 0. The number of aromatic nitrogens is 4. The summed E-state index contributed by atoms with van der Waals surface area (Å²) in [5.41, 5.74) is 5.94. The first kappa shape index (κ1) is 23.9. The standard InChI is InChI=1S/C41H21N5/c42-22-31-32(45-34-16-5-12-27-23-8-1-2-9-24(23)28-13-6-17-35(45)37(28)36(27)34)14-7-15-33(31)46-40-38-29(18-20-43-40)25-10-3-4-11-26(25)30-19-21-44-41(46)39(30)38/h1-21H. The van der Waals surface area contributed by atoms with Gasteiger partial charge in [0.25, 0.3) is 0 Å². The van der Waals surface area contributed by atoms with Crippen molar-refractivity contribution in [2.24, 2.45) is 0 Å². The molecule has 11 rings (SSSR count). The molecule has 7 aromatic carbocycles. The Morgan fingerprint density at radius 1 is 0.413 bits per heavy atom. The summed E-state index contributed by atoms with van der Waals surface area (Å²) < 4.78 is 4.36. The Labute approximate surface area is 261 Å². The van der Waals surface area contributed by atoms with Gasteiger partial charge in [-0.1, -0.05) is 78.9 Å². The molecule has 0 atom stereocenters. The maximum absolute atomic E-state index is 11.0. The van der Waals surface area contributed by atoms with Crippen molar-refractivity contribution in [1.82, 2.24) is 19.1 Å². The maximum Gasteiger partial charge on any atom is 0.147 e. The number of fused-ring (bicyclic) bond motifs is 6. The van der Waals surface area contributed by atoms with E-state index < -0.39 is 0 Å². The molecule has 0 aliphatic rings. The molecule has 46 heavy (non-hydrogen) atoms. The average molecular weight is 584 g/mol. The first-order valence-corrected chi connectivity index (χ1v) is 15.4. The van der Waals surface area contributed by atoms with Gasteiger partial charge < -0.3 is 4.57 Å². The van der Waals surface area contributed by atoms with Gasteiger partial charge in [0.05, 0.1) is 22.4 Å². The van der Waals surface area contributed by atoms with Crippen molar-refractivity contribution in [1.29, 1.82) is 5.26 Å². The number of rotatable bonds is 2. The molecule has 0 saturated carbocycles. The van der Waals surface area contributed by atoms with Crippen LogP contribution in [0.5, 0.6) is 0 Å². The molecule has 11 aromatic rings. The SMILES string of the molecule is N#Cc1c(-n2c3cccc4c5ccccc5c5cccc2c5c43)cccc1-n1c2nccc3c4ccccc4c4ccnc1c4c32. The van der Waals surface area contributed by atoms with Crippen LogP contribution < -0.4 is 0 Å². The zero-order chi connectivity index (χ0) is 30.1. The van der Waals surface area contributed by atoms with Crippen molar-refractivity contribution in [2.75, 3.05) is 0 Å². The quantitative estimate of drug-likeness (QED) is 0.190. The Balaban J connectivity index is 1.30. The second-order valence-electron chi connectivity index (χ2n) is 12.1. The molecule has 0 radical (unpaired) electrons. The molecule has 0 amide bonds. The highest BCUT2D eigenvalue weighted by Crippen LogP contribution is 2.45. The molecule has 0 saturated heterocycles. The van der Waals surface area contributed by atoms with Crippen molar-refractivity contribution in [3.05, 3.63) is 133 Å². The highest BCUT2D eigenvalue weighted by Gasteiger charge is 2.25. The second-order valence-corrected chi connectivity index (χ2v) is 12.1. The number of pyridine rings is 2. The van der Waals surface area contributed by atoms with E-state index in [1.807, 2.05) is 24.5 Å². The smallest absolute Gasteiger partial charge is 0.147 e. The van der Waals surface area contributed by atoms with E-state index in [0.29, 0.717) is 5.56 Å². The van der Waals surface area contributed by atoms with E-state index in [2.05, 4.69) is 118 Å². The number of hydrogen-bond donors (Lipinski definition) is 0. The van der Waals surface area contributed by atoms with Crippen LogP contribution in [0.2, 0.25) is 0 Å². The molecule has 0 aliphatic heterocycles. The zero-order valence-electron chi connectivity index (χ0n) is 24.4. The summed E-state index contributed by atoms with van der Waals surface area (Å²) in [7, 11) is 0. The van der Waals surface area contributed by atoms with Crippen LogP contribution in [0.4, 0.5) is 0 Å². The first-order valence-electron chi connectivity index (χ1n) is 15.4. The molecule has 0 aliphatic carbocycles. The molecule has 5 heteroatoms. The lowest BCUT2D eigenvalue weighted by atomic mass is 9.95. The minimum atomic E-state index is 0.573. The number of nitrogens with zero attached hydrogens (tertiary/aromatic N) is 5. The Morgan fingerprint density at radius 2 is 0.826 bits per heavy atom. The Kier molecular flexibility index (Phi) is 4.34. The predicted molar refractivity (Wildman–Crippen MR) is 188 cm³/mol. The van der Waals surface area contributed by atoms with Crippen LogP contribution in [0.25, 0.3) is 98.3 Å². The number of nitriles is 1. The third-order valence-electron chi connectivity index (χ3n) is 9.98. The van der Waals surface area contributed by atoms with Gasteiger partial charge in [-0.15, -0.1) is 0 Å². The van der Waals surface area contributed by atoms with Crippen molar-refractivity contribution in [3.63, 3.8) is 0 Å². The fourth-order valence-corrected chi connectivity index (χ4v) is 8.25. The summed E-state index contributed by atoms with van der Waals surface area (Å²) in [6.45, 7) is 0. The normalized spacial score (nSPS) is 12.3. The van der Waals surface area contributed by atoms with E-state index in [0.717, 1.165) is 55.2 Å². The molecule has 0 fully saturated rings.